The molecule has 21 heavy (non-hydrogen) atoms. The molecular weight excluding hydrogens is 284 g/mol. The lowest BCUT2D eigenvalue weighted by molar-refractivity contribution is 0.0527. The number of benzene rings is 1. The molecule has 0 radical (unpaired) electrons. The quantitative estimate of drug-likeness (QED) is 0.643. The fourth-order valence-electron chi connectivity index (χ4n) is 2.76. The third-order valence-corrected chi connectivity index (χ3v) is 4.97. The van der Waals surface area contributed by atoms with Gasteiger partial charge in [0.15, 0.2) is 0 Å². The van der Waals surface area contributed by atoms with E-state index in [-0.39, 0.29) is 5.97 Å². The lowest BCUT2D eigenvalue weighted by Crippen LogP contribution is -2.28. The standard InChI is InChI=1S/C16H24N2O2S/c1-3-20-16(19)14-10-12(7-8-15(14)17)18-11-5-4-6-13(9-11)21-2/h7-8,10-11,13,18H,3-6,9,17H2,1-2H3. The zero-order valence-electron chi connectivity index (χ0n) is 12.7. The molecule has 1 aliphatic rings. The fourth-order valence-corrected chi connectivity index (χ4v) is 3.58. The zero-order valence-corrected chi connectivity index (χ0v) is 13.5. The number of carbonyl (C=O) groups is 1. The number of anilines is 2. The van der Waals surface area contributed by atoms with Gasteiger partial charge in [0.25, 0.3) is 0 Å². The van der Waals surface area contributed by atoms with E-state index in [0.717, 1.165) is 10.9 Å². The highest BCUT2D eigenvalue weighted by atomic mass is 32.2. The summed E-state index contributed by atoms with van der Waals surface area (Å²) in [5.41, 5.74) is 7.72. The lowest BCUT2D eigenvalue weighted by atomic mass is 9.94. The molecule has 1 aromatic carbocycles. The summed E-state index contributed by atoms with van der Waals surface area (Å²) in [7, 11) is 0. The Hall–Kier alpha value is -1.36. The average molecular weight is 308 g/mol. The molecule has 2 unspecified atom stereocenters. The number of ether oxygens (including phenoxy) is 1. The van der Waals surface area contributed by atoms with E-state index in [1.165, 1.54) is 25.7 Å². The largest absolute Gasteiger partial charge is 0.462 e. The van der Waals surface area contributed by atoms with Gasteiger partial charge in [0.05, 0.1) is 12.2 Å². The Kier molecular flexibility index (Phi) is 5.79. The summed E-state index contributed by atoms with van der Waals surface area (Å²) in [6.07, 6.45) is 7.07. The summed E-state index contributed by atoms with van der Waals surface area (Å²) in [5.74, 6) is -0.357. The van der Waals surface area contributed by atoms with Gasteiger partial charge in [0, 0.05) is 22.7 Å². The number of carbonyl (C=O) groups excluding carboxylic acids is 1. The zero-order chi connectivity index (χ0) is 15.2. The van der Waals surface area contributed by atoms with Crippen LogP contribution in [-0.4, -0.2) is 30.1 Å². The number of nitrogen functional groups attached to an aromatic ring is 1. The number of nitrogens with one attached hydrogen (secondary N) is 1. The molecule has 2 rings (SSSR count). The van der Waals surface area contributed by atoms with Crippen molar-refractivity contribution in [1.29, 1.82) is 0 Å². The highest BCUT2D eigenvalue weighted by Gasteiger charge is 2.21. The van der Waals surface area contributed by atoms with Crippen LogP contribution in [0.15, 0.2) is 18.2 Å². The summed E-state index contributed by atoms with van der Waals surface area (Å²) in [5, 5.41) is 4.26. The molecule has 116 valence electrons. The molecule has 0 saturated heterocycles. The molecular formula is C16H24N2O2S. The minimum Gasteiger partial charge on any atom is -0.462 e. The third kappa shape index (κ3) is 4.30. The molecule has 1 aromatic rings. The Bertz CT molecular complexity index is 493. The van der Waals surface area contributed by atoms with Crippen molar-refractivity contribution in [3.63, 3.8) is 0 Å². The maximum absolute atomic E-state index is 11.9. The summed E-state index contributed by atoms with van der Waals surface area (Å²) >= 11 is 1.94. The van der Waals surface area contributed by atoms with Gasteiger partial charge in [-0.15, -0.1) is 0 Å². The van der Waals surface area contributed by atoms with Crippen molar-refractivity contribution < 1.29 is 9.53 Å². The van der Waals surface area contributed by atoms with Crippen molar-refractivity contribution in [2.45, 2.75) is 43.9 Å². The van der Waals surface area contributed by atoms with Crippen molar-refractivity contribution in [2.24, 2.45) is 0 Å². The Balaban J connectivity index is 2.06. The Labute approximate surface area is 130 Å². The van der Waals surface area contributed by atoms with E-state index >= 15 is 0 Å². The second-order valence-electron chi connectivity index (χ2n) is 5.39. The summed E-state index contributed by atoms with van der Waals surface area (Å²) in [6, 6.07) is 5.97. The topological polar surface area (TPSA) is 64.3 Å². The van der Waals surface area contributed by atoms with Crippen LogP contribution in [0.3, 0.4) is 0 Å². The first kappa shape index (κ1) is 16.0. The number of rotatable bonds is 5. The number of esters is 1. The van der Waals surface area contributed by atoms with Crippen molar-refractivity contribution in [2.75, 3.05) is 23.9 Å². The van der Waals surface area contributed by atoms with Gasteiger partial charge in [0.2, 0.25) is 0 Å². The van der Waals surface area contributed by atoms with Crippen molar-refractivity contribution in [3.8, 4) is 0 Å². The fraction of sp³-hybridized carbons (Fsp3) is 0.562. The van der Waals surface area contributed by atoms with Gasteiger partial charge in [-0.3, -0.25) is 0 Å². The van der Waals surface area contributed by atoms with Crippen molar-refractivity contribution >= 4 is 29.1 Å². The highest BCUT2D eigenvalue weighted by Crippen LogP contribution is 2.29. The average Bonchev–Trinajstić information content (AvgIpc) is 2.49. The van der Waals surface area contributed by atoms with Crippen LogP contribution in [-0.2, 0) is 4.74 Å². The third-order valence-electron chi connectivity index (χ3n) is 3.88. The van der Waals surface area contributed by atoms with Crippen LogP contribution in [0.1, 0.15) is 43.0 Å². The van der Waals surface area contributed by atoms with E-state index in [1.807, 2.05) is 17.8 Å². The van der Waals surface area contributed by atoms with Gasteiger partial charge in [-0.2, -0.15) is 11.8 Å². The predicted molar refractivity (Wildman–Crippen MR) is 90.0 cm³/mol. The SMILES string of the molecule is CCOC(=O)c1cc(NC2CCCC(SC)C2)ccc1N. The van der Waals surface area contributed by atoms with Crippen LogP contribution in [0.25, 0.3) is 0 Å². The maximum atomic E-state index is 11.9. The minimum atomic E-state index is -0.357. The number of hydrogen-bond donors (Lipinski definition) is 2. The maximum Gasteiger partial charge on any atom is 0.340 e. The molecule has 1 aliphatic carbocycles. The molecule has 0 heterocycles. The Morgan fingerprint density at radius 3 is 3.00 bits per heavy atom. The van der Waals surface area contributed by atoms with Crippen molar-refractivity contribution in [3.05, 3.63) is 23.8 Å². The van der Waals surface area contributed by atoms with Gasteiger partial charge >= 0.3 is 5.97 Å². The molecule has 5 heteroatoms. The van der Waals surface area contributed by atoms with E-state index in [2.05, 4.69) is 11.6 Å². The van der Waals surface area contributed by atoms with Crippen LogP contribution < -0.4 is 11.1 Å². The molecule has 1 fully saturated rings. The van der Waals surface area contributed by atoms with Crippen LogP contribution in [0.5, 0.6) is 0 Å². The van der Waals surface area contributed by atoms with Crippen LogP contribution in [0, 0.1) is 0 Å². The van der Waals surface area contributed by atoms with Gasteiger partial charge in [0.1, 0.15) is 0 Å². The molecule has 1 saturated carbocycles. The first-order valence-electron chi connectivity index (χ1n) is 7.50. The molecule has 0 amide bonds. The lowest BCUT2D eigenvalue weighted by Gasteiger charge is -2.29. The molecule has 0 aromatic heterocycles. The first-order chi connectivity index (χ1) is 10.1. The van der Waals surface area contributed by atoms with Crippen LogP contribution in [0.2, 0.25) is 0 Å². The second-order valence-corrected chi connectivity index (χ2v) is 6.53. The van der Waals surface area contributed by atoms with E-state index in [0.29, 0.717) is 23.9 Å². The van der Waals surface area contributed by atoms with Gasteiger partial charge in [-0.1, -0.05) is 6.42 Å². The smallest absolute Gasteiger partial charge is 0.340 e. The van der Waals surface area contributed by atoms with Gasteiger partial charge < -0.3 is 15.8 Å². The van der Waals surface area contributed by atoms with E-state index in [1.54, 1.807) is 19.1 Å². The molecule has 3 N–H and O–H groups in total. The van der Waals surface area contributed by atoms with Crippen molar-refractivity contribution in [1.82, 2.24) is 0 Å². The minimum absolute atomic E-state index is 0.355. The molecule has 0 aliphatic heterocycles. The molecule has 4 nitrogen and oxygen atoms in total. The highest BCUT2D eigenvalue weighted by molar-refractivity contribution is 7.99. The second kappa shape index (κ2) is 7.59. The monoisotopic (exact) mass is 308 g/mol. The van der Waals surface area contributed by atoms with Crippen LogP contribution in [0.4, 0.5) is 11.4 Å². The molecule has 0 spiro atoms. The number of thioether (sulfide) groups is 1. The summed E-state index contributed by atoms with van der Waals surface area (Å²) in [4.78, 5) is 11.9. The van der Waals surface area contributed by atoms with Gasteiger partial charge in [-0.25, -0.2) is 4.79 Å². The number of nitrogens with two attached hydrogens (primary N) is 1. The number of hydrogen-bond acceptors (Lipinski definition) is 5. The molecule has 2 atom stereocenters. The van der Waals surface area contributed by atoms with E-state index < -0.39 is 0 Å². The first-order valence-corrected chi connectivity index (χ1v) is 8.78. The Morgan fingerprint density at radius 2 is 2.29 bits per heavy atom. The summed E-state index contributed by atoms with van der Waals surface area (Å²) in [6.45, 7) is 2.15. The predicted octanol–water partition coefficient (Wildman–Crippen LogP) is 3.53. The summed E-state index contributed by atoms with van der Waals surface area (Å²) < 4.78 is 5.04. The normalized spacial score (nSPS) is 21.8. The Morgan fingerprint density at radius 1 is 1.48 bits per heavy atom. The van der Waals surface area contributed by atoms with Crippen LogP contribution >= 0.6 is 11.8 Å². The molecule has 0 bridgehead atoms. The van der Waals surface area contributed by atoms with Gasteiger partial charge in [-0.05, 0) is 50.6 Å². The van der Waals surface area contributed by atoms with E-state index in [9.17, 15) is 4.79 Å². The van der Waals surface area contributed by atoms with E-state index in [4.69, 9.17) is 10.5 Å².